The lowest BCUT2D eigenvalue weighted by atomic mass is 10.2. The zero-order valence-electron chi connectivity index (χ0n) is 15.9. The van der Waals surface area contributed by atoms with Gasteiger partial charge in [-0.1, -0.05) is 15.9 Å². The van der Waals surface area contributed by atoms with Crippen LogP contribution in [0.3, 0.4) is 0 Å². The molecule has 0 aliphatic carbocycles. The first-order valence-electron chi connectivity index (χ1n) is 8.66. The van der Waals surface area contributed by atoms with Crippen molar-refractivity contribution in [2.75, 3.05) is 5.33 Å². The van der Waals surface area contributed by atoms with Crippen molar-refractivity contribution in [1.29, 1.82) is 10.5 Å². The Morgan fingerprint density at radius 1 is 0.935 bits per heavy atom. The summed E-state index contributed by atoms with van der Waals surface area (Å²) in [5.74, 6) is 0. The summed E-state index contributed by atoms with van der Waals surface area (Å²) in [6.07, 6.45) is 3.51. The number of nitrogens with zero attached hydrogens (tertiary/aromatic N) is 5. The minimum atomic E-state index is -0.441. The molecule has 4 aromatic rings. The minimum absolute atomic E-state index is 0.0420. The summed E-state index contributed by atoms with van der Waals surface area (Å²) in [5, 5.41) is 39.4. The number of H-pyrrole nitrogens is 1. The maximum absolute atomic E-state index is 10.6. The van der Waals surface area contributed by atoms with Gasteiger partial charge in [0.25, 0.3) is 11.4 Å². The smallest absolute Gasteiger partial charge is 0.271 e. The number of hydrogen-bond donors (Lipinski definition) is 1. The molecular weight excluding hydrogens is 468 g/mol. The Morgan fingerprint density at radius 2 is 1.55 bits per heavy atom. The van der Waals surface area contributed by atoms with Gasteiger partial charge in [0, 0.05) is 42.0 Å². The van der Waals surface area contributed by atoms with Crippen LogP contribution in [0, 0.1) is 42.9 Å². The molecule has 0 saturated carbocycles. The van der Waals surface area contributed by atoms with Crippen LogP contribution in [0.1, 0.15) is 0 Å². The lowest BCUT2D eigenvalue weighted by Crippen LogP contribution is -1.93. The van der Waals surface area contributed by atoms with E-state index in [9.17, 15) is 20.2 Å². The molecule has 2 heterocycles. The van der Waals surface area contributed by atoms with Crippen molar-refractivity contribution in [2.45, 2.75) is 6.54 Å². The van der Waals surface area contributed by atoms with Gasteiger partial charge < -0.3 is 9.55 Å². The van der Waals surface area contributed by atoms with E-state index in [2.05, 4.69) is 20.9 Å². The van der Waals surface area contributed by atoms with Gasteiger partial charge in [0.05, 0.1) is 38.3 Å². The van der Waals surface area contributed by atoms with E-state index in [1.165, 1.54) is 24.3 Å². The number of rotatable bonds is 3. The lowest BCUT2D eigenvalue weighted by Gasteiger charge is -1.98. The van der Waals surface area contributed by atoms with Gasteiger partial charge in [-0.25, -0.2) is 0 Å². The fraction of sp³-hybridized carbons (Fsp3) is 0.100. The molecule has 0 unspecified atom stereocenters. The maximum atomic E-state index is 10.6. The van der Waals surface area contributed by atoms with Crippen molar-refractivity contribution in [3.63, 3.8) is 0 Å². The Kier molecular flexibility index (Phi) is 8.25. The van der Waals surface area contributed by atoms with Crippen LogP contribution in [0.4, 0.5) is 11.4 Å². The molecule has 11 heteroatoms. The molecule has 0 atom stereocenters. The average molecular weight is 483 g/mol. The minimum Gasteiger partial charge on any atom is -0.361 e. The van der Waals surface area contributed by atoms with Crippen LogP contribution in [-0.4, -0.2) is 24.7 Å². The van der Waals surface area contributed by atoms with Crippen molar-refractivity contribution in [3.8, 4) is 12.1 Å². The monoisotopic (exact) mass is 482 g/mol. The Balaban J connectivity index is 0.000000192. The van der Waals surface area contributed by atoms with Crippen LogP contribution >= 0.6 is 15.9 Å². The first kappa shape index (κ1) is 23.1. The zero-order chi connectivity index (χ0) is 22.8. The van der Waals surface area contributed by atoms with E-state index in [0.29, 0.717) is 10.8 Å². The topological polar surface area (TPSA) is 155 Å². The van der Waals surface area contributed by atoms with E-state index in [4.69, 9.17) is 10.5 Å². The number of nitro groups is 2. The number of non-ortho nitro benzene ring substituents is 2. The van der Waals surface area contributed by atoms with E-state index in [1.807, 2.05) is 24.3 Å². The number of aromatic nitrogens is 2. The number of halogens is 1. The fourth-order valence-corrected chi connectivity index (χ4v) is 2.65. The third kappa shape index (κ3) is 6.13. The molecule has 0 amide bonds. The van der Waals surface area contributed by atoms with E-state index < -0.39 is 9.85 Å². The van der Waals surface area contributed by atoms with Crippen molar-refractivity contribution < 1.29 is 9.85 Å². The van der Waals surface area contributed by atoms with Gasteiger partial charge in [-0.3, -0.25) is 20.2 Å². The molecule has 0 fully saturated rings. The highest BCUT2D eigenvalue weighted by Gasteiger charge is 2.08. The second kappa shape index (κ2) is 11.1. The Bertz CT molecular complexity index is 1300. The van der Waals surface area contributed by atoms with Gasteiger partial charge >= 0.3 is 0 Å². The van der Waals surface area contributed by atoms with Crippen molar-refractivity contribution in [3.05, 3.63) is 81.2 Å². The highest BCUT2D eigenvalue weighted by Crippen LogP contribution is 2.21. The molecule has 0 saturated heterocycles. The molecular formula is C20H15BrN6O4. The third-order valence-corrected chi connectivity index (χ3v) is 4.27. The molecule has 31 heavy (non-hydrogen) atoms. The second-order valence-corrected chi connectivity index (χ2v) is 6.46. The van der Waals surface area contributed by atoms with Gasteiger partial charge in [-0.15, -0.1) is 0 Å². The summed E-state index contributed by atoms with van der Waals surface area (Å²) in [7, 11) is 0. The molecule has 4 rings (SSSR count). The molecule has 156 valence electrons. The molecule has 10 nitrogen and oxygen atoms in total. The zero-order valence-corrected chi connectivity index (χ0v) is 17.5. The summed E-state index contributed by atoms with van der Waals surface area (Å²) >= 11 is 2.89. The van der Waals surface area contributed by atoms with Gasteiger partial charge in [0.1, 0.15) is 6.54 Å². The Morgan fingerprint density at radius 3 is 2.13 bits per heavy atom. The number of fused-ring (bicyclic) bond motifs is 2. The highest BCUT2D eigenvalue weighted by molar-refractivity contribution is 9.09. The quantitative estimate of drug-likeness (QED) is 0.244. The van der Waals surface area contributed by atoms with Crippen molar-refractivity contribution in [1.82, 2.24) is 9.55 Å². The van der Waals surface area contributed by atoms with Gasteiger partial charge in [0.15, 0.2) is 0 Å². The van der Waals surface area contributed by atoms with Crippen LogP contribution in [-0.2, 0) is 6.54 Å². The van der Waals surface area contributed by atoms with Crippen LogP contribution in [0.2, 0.25) is 0 Å². The molecule has 0 radical (unpaired) electrons. The average Bonchev–Trinajstić information content (AvgIpc) is 3.40. The molecule has 2 aromatic heterocycles. The summed E-state index contributed by atoms with van der Waals surface area (Å²) in [5.41, 5.74) is 1.67. The van der Waals surface area contributed by atoms with Gasteiger partial charge in [-0.2, -0.15) is 10.5 Å². The molecule has 2 aromatic carbocycles. The summed E-state index contributed by atoms with van der Waals surface area (Å²) in [4.78, 5) is 23.0. The fourth-order valence-electron chi connectivity index (χ4n) is 2.65. The standard InChI is InChI=1S/C10H7N3O2.C8H6N2O2.C2H2BrN/c11-4-6-12-5-3-8-1-2-9(13(14)15)7-10(8)12;11-10(12)7-2-1-6-3-4-9-8(6)5-7;3-1-2-4/h1-3,5,7H,6H2;1-5,9H;1H2. The SMILES string of the molecule is N#CCBr.N#CCn1ccc2ccc([N+](=O)[O-])cc21.O=[N+]([O-])c1ccc2cc[nH]c2c1. The molecule has 0 aliphatic heterocycles. The normalized spacial score (nSPS) is 9.52. The first-order chi connectivity index (χ1) is 14.9. The predicted molar refractivity (Wildman–Crippen MR) is 119 cm³/mol. The molecule has 0 bridgehead atoms. The van der Waals surface area contributed by atoms with E-state index in [0.717, 1.165) is 16.3 Å². The Labute approximate surface area is 184 Å². The molecule has 0 spiro atoms. The van der Waals surface area contributed by atoms with E-state index in [-0.39, 0.29) is 17.9 Å². The number of aromatic amines is 1. The molecule has 1 N–H and O–H groups in total. The van der Waals surface area contributed by atoms with Crippen molar-refractivity contribution >= 4 is 49.1 Å². The summed E-state index contributed by atoms with van der Waals surface area (Å²) in [6, 6.07) is 16.9. The van der Waals surface area contributed by atoms with E-state index >= 15 is 0 Å². The van der Waals surface area contributed by atoms with Gasteiger partial charge in [-0.05, 0) is 29.7 Å². The maximum Gasteiger partial charge on any atom is 0.271 e. The van der Waals surface area contributed by atoms with Crippen LogP contribution in [0.25, 0.3) is 21.8 Å². The number of alkyl halides is 1. The number of benzene rings is 2. The number of nitrogens with one attached hydrogen (secondary N) is 1. The largest absolute Gasteiger partial charge is 0.361 e. The lowest BCUT2D eigenvalue weighted by molar-refractivity contribution is -0.384. The Hall–Kier alpha value is -4.22. The van der Waals surface area contributed by atoms with Crippen LogP contribution in [0.5, 0.6) is 0 Å². The van der Waals surface area contributed by atoms with Crippen LogP contribution < -0.4 is 0 Å². The summed E-state index contributed by atoms with van der Waals surface area (Å²) < 4.78 is 1.68. The third-order valence-electron chi connectivity index (χ3n) is 4.02. The summed E-state index contributed by atoms with van der Waals surface area (Å²) in [6.45, 7) is 0.199. The highest BCUT2D eigenvalue weighted by atomic mass is 79.9. The number of nitro benzene ring substituents is 2. The second-order valence-electron chi connectivity index (χ2n) is 5.90. The molecule has 0 aliphatic rings. The van der Waals surface area contributed by atoms with Crippen molar-refractivity contribution in [2.24, 2.45) is 0 Å². The van der Waals surface area contributed by atoms with Gasteiger partial charge in [0.2, 0.25) is 0 Å². The number of nitriles is 2. The predicted octanol–water partition coefficient (Wildman–Crippen LogP) is 5.05. The van der Waals surface area contributed by atoms with Crippen LogP contribution in [0.15, 0.2) is 60.9 Å². The first-order valence-corrected chi connectivity index (χ1v) is 9.78. The number of hydrogen-bond acceptors (Lipinski definition) is 6. The van der Waals surface area contributed by atoms with E-state index in [1.54, 1.807) is 29.1 Å².